The molecule has 3 aromatic carbocycles. The number of halogens is 4. The van der Waals surface area contributed by atoms with E-state index in [0.717, 1.165) is 25.2 Å². The summed E-state index contributed by atoms with van der Waals surface area (Å²) < 4.78 is 60.1. The highest BCUT2D eigenvalue weighted by molar-refractivity contribution is 5.82. The first-order chi connectivity index (χ1) is 17.4. The molecule has 4 heteroatoms. The lowest BCUT2D eigenvalue weighted by Gasteiger charge is -2.28. The Bertz CT molecular complexity index is 1280. The van der Waals surface area contributed by atoms with E-state index in [4.69, 9.17) is 0 Å². The van der Waals surface area contributed by atoms with Gasteiger partial charge >= 0.3 is 0 Å². The third kappa shape index (κ3) is 4.40. The van der Waals surface area contributed by atoms with E-state index in [0.29, 0.717) is 35.4 Å². The zero-order chi connectivity index (χ0) is 25.4. The van der Waals surface area contributed by atoms with E-state index in [1.54, 1.807) is 12.1 Å². The predicted octanol–water partition coefficient (Wildman–Crippen LogP) is 9.67. The van der Waals surface area contributed by atoms with Gasteiger partial charge < -0.3 is 0 Å². The zero-order valence-electron chi connectivity index (χ0n) is 20.8. The monoisotopic (exact) mass is 492 g/mol. The van der Waals surface area contributed by atoms with Crippen LogP contribution in [0.15, 0.2) is 49.1 Å². The summed E-state index contributed by atoms with van der Waals surface area (Å²) >= 11 is 0. The topological polar surface area (TPSA) is 0 Å². The third-order valence-corrected chi connectivity index (χ3v) is 8.12. The van der Waals surface area contributed by atoms with Crippen LogP contribution >= 0.6 is 0 Å². The molecule has 1 saturated carbocycles. The van der Waals surface area contributed by atoms with Crippen molar-refractivity contribution in [3.63, 3.8) is 0 Å². The number of fused-ring (bicyclic) bond motifs is 3. The van der Waals surface area contributed by atoms with E-state index in [9.17, 15) is 8.78 Å². The summed E-state index contributed by atoms with van der Waals surface area (Å²) in [6.07, 6.45) is 10.3. The van der Waals surface area contributed by atoms with E-state index in [-0.39, 0.29) is 28.7 Å². The summed E-state index contributed by atoms with van der Waals surface area (Å²) in [5, 5.41) is 0. The second-order valence-corrected chi connectivity index (χ2v) is 10.4. The molecule has 0 saturated heterocycles. The largest absolute Gasteiger partial charge is 0.203 e. The number of hydrogen-bond acceptors (Lipinski definition) is 0. The maximum atomic E-state index is 15.3. The van der Waals surface area contributed by atoms with Crippen molar-refractivity contribution in [3.05, 3.63) is 94.6 Å². The van der Waals surface area contributed by atoms with Crippen LogP contribution in [0.5, 0.6) is 0 Å². The highest BCUT2D eigenvalue weighted by atomic mass is 19.2. The molecule has 0 nitrogen and oxygen atoms in total. The fourth-order valence-corrected chi connectivity index (χ4v) is 6.18. The fraction of sp³-hybridized carbons (Fsp3) is 0.375. The van der Waals surface area contributed by atoms with Gasteiger partial charge in [-0.25, -0.2) is 17.6 Å². The lowest BCUT2D eigenvalue weighted by atomic mass is 9.77. The first-order valence-electron chi connectivity index (χ1n) is 13.1. The van der Waals surface area contributed by atoms with Crippen molar-refractivity contribution >= 4 is 0 Å². The Morgan fingerprint density at radius 3 is 2.11 bits per heavy atom. The summed E-state index contributed by atoms with van der Waals surface area (Å²) in [6, 6.07) is 11.0. The molecule has 0 spiro atoms. The zero-order valence-corrected chi connectivity index (χ0v) is 20.8. The van der Waals surface area contributed by atoms with Crippen LogP contribution < -0.4 is 0 Å². The molecule has 0 bridgehead atoms. The van der Waals surface area contributed by atoms with Crippen molar-refractivity contribution in [2.45, 2.75) is 70.6 Å². The molecule has 0 heterocycles. The van der Waals surface area contributed by atoms with Gasteiger partial charge in [0.05, 0.1) is 0 Å². The normalized spacial score (nSPS) is 18.7. The molecule has 0 aliphatic heterocycles. The van der Waals surface area contributed by atoms with Gasteiger partial charge in [0.2, 0.25) is 0 Å². The van der Waals surface area contributed by atoms with Crippen LogP contribution in [-0.2, 0) is 12.8 Å². The maximum absolute atomic E-state index is 15.3. The second kappa shape index (κ2) is 10.2. The number of allylic oxidation sites excluding steroid dienone is 1. The van der Waals surface area contributed by atoms with Gasteiger partial charge in [-0.3, -0.25) is 0 Å². The Labute approximate surface area is 211 Å². The molecule has 0 unspecified atom stereocenters. The van der Waals surface area contributed by atoms with Crippen molar-refractivity contribution in [1.82, 2.24) is 0 Å². The molecule has 0 radical (unpaired) electrons. The molecule has 188 valence electrons. The van der Waals surface area contributed by atoms with Crippen LogP contribution in [0.25, 0.3) is 22.3 Å². The number of rotatable bonds is 7. The van der Waals surface area contributed by atoms with E-state index in [1.165, 1.54) is 24.8 Å². The lowest BCUT2D eigenvalue weighted by Crippen LogP contribution is -2.13. The number of hydrogen-bond donors (Lipinski definition) is 0. The molecule has 0 N–H and O–H groups in total. The highest BCUT2D eigenvalue weighted by Gasteiger charge is 2.32. The molecule has 5 rings (SSSR count). The van der Waals surface area contributed by atoms with Crippen LogP contribution in [0.3, 0.4) is 0 Å². The highest BCUT2D eigenvalue weighted by Crippen LogP contribution is 2.45. The number of aryl methyl sites for hydroxylation is 1. The molecule has 0 atom stereocenters. The Morgan fingerprint density at radius 2 is 1.47 bits per heavy atom. The van der Waals surface area contributed by atoms with Gasteiger partial charge in [-0.2, -0.15) is 0 Å². The third-order valence-electron chi connectivity index (χ3n) is 8.12. The molecule has 0 amide bonds. The van der Waals surface area contributed by atoms with Gasteiger partial charge in [0.1, 0.15) is 0 Å². The molecule has 1 fully saturated rings. The van der Waals surface area contributed by atoms with Gasteiger partial charge in [0.25, 0.3) is 0 Å². The first-order valence-corrected chi connectivity index (χ1v) is 13.1. The Morgan fingerprint density at radius 1 is 0.833 bits per heavy atom. The van der Waals surface area contributed by atoms with E-state index in [2.05, 4.69) is 6.58 Å². The van der Waals surface area contributed by atoms with Crippen LogP contribution in [-0.4, -0.2) is 0 Å². The molecule has 2 aliphatic rings. The first kappa shape index (κ1) is 24.8. The van der Waals surface area contributed by atoms with Gasteiger partial charge in [-0.1, -0.05) is 49.8 Å². The van der Waals surface area contributed by atoms with Crippen molar-refractivity contribution in [2.24, 2.45) is 5.92 Å². The minimum absolute atomic E-state index is 0.135. The van der Waals surface area contributed by atoms with Crippen LogP contribution in [0, 0.1) is 29.2 Å². The van der Waals surface area contributed by atoms with Gasteiger partial charge in [0.15, 0.2) is 23.3 Å². The molecular formula is C32H32F4. The summed E-state index contributed by atoms with van der Waals surface area (Å²) in [5.74, 6) is -2.91. The average molecular weight is 493 g/mol. The molecule has 2 aliphatic carbocycles. The Hall–Kier alpha value is -2.88. The molecule has 36 heavy (non-hydrogen) atoms. The maximum Gasteiger partial charge on any atom is 0.167 e. The summed E-state index contributed by atoms with van der Waals surface area (Å²) in [6.45, 7) is 5.71. The Balaban J connectivity index is 1.41. The lowest BCUT2D eigenvalue weighted by molar-refractivity contribution is 0.312. The van der Waals surface area contributed by atoms with Crippen LogP contribution in [0.1, 0.15) is 80.0 Å². The quantitative estimate of drug-likeness (QED) is 0.178. The summed E-state index contributed by atoms with van der Waals surface area (Å²) in [7, 11) is 0. The van der Waals surface area contributed by atoms with Gasteiger partial charge in [0, 0.05) is 16.7 Å². The Kier molecular flexibility index (Phi) is 7.05. The second-order valence-electron chi connectivity index (χ2n) is 10.4. The number of benzene rings is 3. The summed E-state index contributed by atoms with van der Waals surface area (Å²) in [4.78, 5) is 0. The van der Waals surface area contributed by atoms with Gasteiger partial charge in [-0.15, -0.1) is 6.58 Å². The predicted molar refractivity (Wildman–Crippen MR) is 138 cm³/mol. The smallest absolute Gasteiger partial charge is 0.167 e. The van der Waals surface area contributed by atoms with Crippen molar-refractivity contribution in [1.29, 1.82) is 0 Å². The SMILES string of the molecule is C=CCCC1CCC(c2ccc(-c3cc4c(c(F)c3F)-c3c(cc(CCC)c(F)c3F)C4)cc2)CC1. The standard InChI is InChI=1S/C32H32F4/c1-3-5-7-19-8-10-20(11-9-19)21-12-14-22(15-13-21)26-18-25-17-24-16-23(6-4-2)29(33)31(35)27(24)28(25)32(36)30(26)34/h3,12-16,18-20H,1,4-11,17H2,2H3. The molecule has 3 aromatic rings. The summed E-state index contributed by atoms with van der Waals surface area (Å²) in [5.41, 5.74) is 3.00. The fourth-order valence-electron chi connectivity index (χ4n) is 6.18. The molecular weight excluding hydrogens is 460 g/mol. The minimum Gasteiger partial charge on any atom is -0.203 e. The van der Waals surface area contributed by atoms with E-state index >= 15 is 8.78 Å². The van der Waals surface area contributed by atoms with Crippen LogP contribution in [0.2, 0.25) is 0 Å². The van der Waals surface area contributed by atoms with Crippen LogP contribution in [0.4, 0.5) is 17.6 Å². The van der Waals surface area contributed by atoms with Crippen molar-refractivity contribution in [3.8, 4) is 22.3 Å². The van der Waals surface area contributed by atoms with Gasteiger partial charge in [-0.05, 0) is 97.1 Å². The van der Waals surface area contributed by atoms with E-state index in [1.807, 2.05) is 37.3 Å². The van der Waals surface area contributed by atoms with Crippen molar-refractivity contribution < 1.29 is 17.6 Å². The van der Waals surface area contributed by atoms with Crippen molar-refractivity contribution in [2.75, 3.05) is 0 Å². The average Bonchev–Trinajstić information content (AvgIpc) is 3.27. The minimum atomic E-state index is -1.11. The van der Waals surface area contributed by atoms with E-state index < -0.39 is 23.3 Å². The molecule has 0 aromatic heterocycles.